The summed E-state index contributed by atoms with van der Waals surface area (Å²) in [5.41, 5.74) is 1.45. The molecule has 1 heterocycles. The van der Waals surface area contributed by atoms with Crippen LogP contribution in [0.5, 0.6) is 11.5 Å². The normalized spacial score (nSPS) is 15.3. The molecule has 1 aliphatic heterocycles. The van der Waals surface area contributed by atoms with Gasteiger partial charge in [-0.15, -0.1) is 0 Å². The first-order valence-electron chi connectivity index (χ1n) is 9.02. The fourth-order valence-electron chi connectivity index (χ4n) is 2.80. The number of imide groups is 1. The van der Waals surface area contributed by atoms with Crippen molar-refractivity contribution in [2.75, 3.05) is 13.2 Å². The van der Waals surface area contributed by atoms with E-state index >= 15 is 0 Å². The number of carbonyl (C=O) groups is 2. The second kappa shape index (κ2) is 9.69. The SMILES string of the molecule is CCOc1cc(/C=C2\SC(=O)N(Cc3ccccc3Cl)C2=O)cc(Br)c1OCC. The second-order valence-corrected chi connectivity index (χ2v) is 8.31. The van der Waals surface area contributed by atoms with Crippen LogP contribution in [0.15, 0.2) is 45.8 Å². The molecule has 1 fully saturated rings. The van der Waals surface area contributed by atoms with Crippen molar-refractivity contribution in [1.82, 2.24) is 4.90 Å². The Bertz CT molecular complexity index is 979. The molecule has 2 aromatic carbocycles. The molecule has 0 aromatic heterocycles. The van der Waals surface area contributed by atoms with Gasteiger partial charge in [-0.05, 0) is 76.9 Å². The van der Waals surface area contributed by atoms with Crippen molar-refractivity contribution in [3.63, 3.8) is 0 Å². The Morgan fingerprint density at radius 2 is 1.86 bits per heavy atom. The summed E-state index contributed by atoms with van der Waals surface area (Å²) in [6.07, 6.45) is 1.68. The van der Waals surface area contributed by atoms with Gasteiger partial charge in [-0.25, -0.2) is 0 Å². The van der Waals surface area contributed by atoms with Crippen LogP contribution in [0.3, 0.4) is 0 Å². The van der Waals surface area contributed by atoms with Crippen LogP contribution in [0.1, 0.15) is 25.0 Å². The molecule has 29 heavy (non-hydrogen) atoms. The van der Waals surface area contributed by atoms with Crippen molar-refractivity contribution in [3.8, 4) is 11.5 Å². The fraction of sp³-hybridized carbons (Fsp3) is 0.238. The number of carbonyl (C=O) groups excluding carboxylic acids is 2. The number of hydrogen-bond acceptors (Lipinski definition) is 5. The zero-order valence-corrected chi connectivity index (χ0v) is 19.1. The Hall–Kier alpha value is -1.96. The Balaban J connectivity index is 1.88. The van der Waals surface area contributed by atoms with Crippen molar-refractivity contribution in [2.24, 2.45) is 0 Å². The van der Waals surface area contributed by atoms with E-state index in [4.69, 9.17) is 21.1 Å². The third-order valence-corrected chi connectivity index (χ3v) is 5.94. The summed E-state index contributed by atoms with van der Waals surface area (Å²) in [6, 6.07) is 10.8. The Morgan fingerprint density at radius 3 is 2.55 bits per heavy atom. The van der Waals surface area contributed by atoms with E-state index in [0.717, 1.165) is 22.9 Å². The smallest absolute Gasteiger partial charge is 0.293 e. The van der Waals surface area contributed by atoms with Crippen LogP contribution < -0.4 is 9.47 Å². The first kappa shape index (κ1) is 21.7. The monoisotopic (exact) mass is 495 g/mol. The van der Waals surface area contributed by atoms with Crippen molar-refractivity contribution < 1.29 is 19.1 Å². The number of benzene rings is 2. The van der Waals surface area contributed by atoms with Crippen LogP contribution in [-0.4, -0.2) is 29.3 Å². The van der Waals surface area contributed by atoms with Gasteiger partial charge in [0.05, 0.1) is 29.1 Å². The van der Waals surface area contributed by atoms with Crippen LogP contribution in [0.4, 0.5) is 4.79 Å². The highest BCUT2D eigenvalue weighted by atomic mass is 79.9. The van der Waals surface area contributed by atoms with Gasteiger partial charge in [0.2, 0.25) is 0 Å². The lowest BCUT2D eigenvalue weighted by atomic mass is 10.1. The maximum Gasteiger partial charge on any atom is 0.293 e. The van der Waals surface area contributed by atoms with E-state index < -0.39 is 0 Å². The molecule has 2 aromatic rings. The van der Waals surface area contributed by atoms with Gasteiger partial charge >= 0.3 is 0 Å². The molecule has 1 saturated heterocycles. The lowest BCUT2D eigenvalue weighted by Crippen LogP contribution is -2.27. The predicted molar refractivity (Wildman–Crippen MR) is 119 cm³/mol. The zero-order valence-electron chi connectivity index (χ0n) is 15.9. The lowest BCUT2D eigenvalue weighted by molar-refractivity contribution is -0.123. The number of ether oxygens (including phenoxy) is 2. The molecule has 3 rings (SSSR count). The summed E-state index contributed by atoms with van der Waals surface area (Å²) in [5.74, 6) is 0.839. The molecule has 0 aliphatic carbocycles. The number of nitrogens with zero attached hydrogens (tertiary/aromatic N) is 1. The van der Waals surface area contributed by atoms with Gasteiger partial charge in [-0.1, -0.05) is 29.8 Å². The van der Waals surface area contributed by atoms with E-state index in [1.807, 2.05) is 26.0 Å². The Kier molecular flexibility index (Phi) is 7.27. The Labute approximate surface area is 187 Å². The largest absolute Gasteiger partial charge is 0.490 e. The number of hydrogen-bond donors (Lipinski definition) is 0. The maximum absolute atomic E-state index is 12.8. The van der Waals surface area contributed by atoms with Crippen molar-refractivity contribution in [2.45, 2.75) is 20.4 Å². The first-order valence-corrected chi connectivity index (χ1v) is 11.0. The summed E-state index contributed by atoms with van der Waals surface area (Å²) < 4.78 is 12.0. The molecule has 152 valence electrons. The first-order chi connectivity index (χ1) is 13.9. The molecule has 5 nitrogen and oxygen atoms in total. The van der Waals surface area contributed by atoms with Crippen LogP contribution in [0.2, 0.25) is 5.02 Å². The Morgan fingerprint density at radius 1 is 1.14 bits per heavy atom. The van der Waals surface area contributed by atoms with Gasteiger partial charge < -0.3 is 9.47 Å². The molecular weight excluding hydrogens is 478 g/mol. The maximum atomic E-state index is 12.8. The van der Waals surface area contributed by atoms with E-state index in [1.54, 1.807) is 30.3 Å². The zero-order chi connectivity index (χ0) is 21.0. The quantitative estimate of drug-likeness (QED) is 0.431. The van der Waals surface area contributed by atoms with Crippen LogP contribution in [0.25, 0.3) is 6.08 Å². The average molecular weight is 497 g/mol. The molecule has 1 aliphatic rings. The second-order valence-electron chi connectivity index (χ2n) is 6.06. The number of amides is 2. The summed E-state index contributed by atoms with van der Waals surface area (Å²) in [4.78, 5) is 26.8. The van der Waals surface area contributed by atoms with Crippen molar-refractivity contribution in [3.05, 3.63) is 61.9 Å². The van der Waals surface area contributed by atoms with Crippen LogP contribution in [0, 0.1) is 0 Å². The number of rotatable bonds is 7. The molecule has 0 N–H and O–H groups in total. The van der Waals surface area contributed by atoms with E-state index in [2.05, 4.69) is 15.9 Å². The minimum Gasteiger partial charge on any atom is -0.490 e. The summed E-state index contributed by atoms with van der Waals surface area (Å²) >= 11 is 10.6. The van der Waals surface area contributed by atoms with Gasteiger partial charge in [-0.3, -0.25) is 14.5 Å². The third-order valence-electron chi connectivity index (χ3n) is 4.08. The third kappa shape index (κ3) is 4.97. The van der Waals surface area contributed by atoms with Gasteiger partial charge in [0, 0.05) is 5.02 Å². The summed E-state index contributed by atoms with van der Waals surface area (Å²) in [7, 11) is 0. The summed E-state index contributed by atoms with van der Waals surface area (Å²) in [6.45, 7) is 4.89. The fourth-order valence-corrected chi connectivity index (χ4v) is 4.41. The average Bonchev–Trinajstić information content (AvgIpc) is 2.94. The van der Waals surface area contributed by atoms with Crippen molar-refractivity contribution in [1.29, 1.82) is 0 Å². The molecule has 0 unspecified atom stereocenters. The van der Waals surface area contributed by atoms with Gasteiger partial charge in [0.25, 0.3) is 11.1 Å². The van der Waals surface area contributed by atoms with E-state index in [9.17, 15) is 9.59 Å². The minimum atomic E-state index is -0.345. The molecule has 8 heteroatoms. The minimum absolute atomic E-state index is 0.138. The van der Waals surface area contributed by atoms with Crippen molar-refractivity contribution >= 4 is 56.5 Å². The van der Waals surface area contributed by atoms with Gasteiger partial charge in [0.15, 0.2) is 11.5 Å². The molecule has 0 radical (unpaired) electrons. The molecule has 2 amide bonds. The van der Waals surface area contributed by atoms with Gasteiger partial charge in [-0.2, -0.15) is 0 Å². The van der Waals surface area contributed by atoms with E-state index in [-0.39, 0.29) is 17.7 Å². The van der Waals surface area contributed by atoms with Crippen LogP contribution >= 0.6 is 39.3 Å². The lowest BCUT2D eigenvalue weighted by Gasteiger charge is -2.14. The highest BCUT2D eigenvalue weighted by Crippen LogP contribution is 2.39. The highest BCUT2D eigenvalue weighted by Gasteiger charge is 2.35. The van der Waals surface area contributed by atoms with E-state index in [1.165, 1.54) is 4.90 Å². The van der Waals surface area contributed by atoms with Gasteiger partial charge in [0.1, 0.15) is 0 Å². The van der Waals surface area contributed by atoms with E-state index in [0.29, 0.717) is 39.1 Å². The molecule has 0 bridgehead atoms. The molecular formula is C21H19BrClNO4S. The standard InChI is InChI=1S/C21H19BrClNO4S/c1-3-27-17-10-13(9-15(22)19(17)28-4-2)11-18-20(25)24(21(26)29-18)12-14-7-5-6-8-16(14)23/h5-11H,3-4,12H2,1-2H3/b18-11-. The van der Waals surface area contributed by atoms with Crippen LogP contribution in [-0.2, 0) is 11.3 Å². The molecule has 0 saturated carbocycles. The number of halogens is 2. The predicted octanol–water partition coefficient (Wildman–Crippen LogP) is 6.14. The topological polar surface area (TPSA) is 55.8 Å². The molecule has 0 atom stereocenters. The number of thioether (sulfide) groups is 1. The highest BCUT2D eigenvalue weighted by molar-refractivity contribution is 9.10. The summed E-state index contributed by atoms with van der Waals surface area (Å²) in [5, 5.41) is 0.198. The molecule has 0 spiro atoms.